The van der Waals surface area contributed by atoms with Crippen molar-refractivity contribution in [1.82, 2.24) is 0 Å². The average Bonchev–Trinajstić information content (AvgIpc) is 2.38. The minimum atomic E-state index is -4.78. The number of nitrogens with one attached hydrogen (secondary N) is 1. The van der Waals surface area contributed by atoms with Crippen molar-refractivity contribution in [1.29, 1.82) is 0 Å². The van der Waals surface area contributed by atoms with E-state index in [-0.39, 0.29) is 23.7 Å². The van der Waals surface area contributed by atoms with Gasteiger partial charge in [0.25, 0.3) is 0 Å². The van der Waals surface area contributed by atoms with Crippen molar-refractivity contribution < 1.29 is 27.8 Å². The highest BCUT2D eigenvalue weighted by molar-refractivity contribution is 5.49. The van der Waals surface area contributed by atoms with Gasteiger partial charge in [-0.3, -0.25) is 0 Å². The first-order valence-corrected chi connectivity index (χ1v) is 5.89. The normalized spacial score (nSPS) is 11.4. The SMILES string of the molecule is Oc1ccc(CNc2ccc(F)c(C(F)(F)F)c2)c(O)c1. The Hall–Kier alpha value is -2.44. The molecule has 0 atom stereocenters. The Labute approximate surface area is 117 Å². The van der Waals surface area contributed by atoms with Gasteiger partial charge >= 0.3 is 6.18 Å². The number of benzene rings is 2. The van der Waals surface area contributed by atoms with Crippen molar-refractivity contribution >= 4 is 5.69 Å². The number of hydrogen-bond acceptors (Lipinski definition) is 3. The molecule has 2 aromatic carbocycles. The quantitative estimate of drug-likeness (QED) is 0.754. The molecule has 7 heteroatoms. The molecular formula is C14H11F4NO2. The predicted octanol–water partition coefficient (Wildman–Crippen LogP) is 3.87. The van der Waals surface area contributed by atoms with Crippen molar-refractivity contribution in [3.63, 3.8) is 0 Å². The zero-order valence-corrected chi connectivity index (χ0v) is 10.6. The monoisotopic (exact) mass is 301 g/mol. The highest BCUT2D eigenvalue weighted by Gasteiger charge is 2.34. The Kier molecular flexibility index (Phi) is 3.93. The molecule has 0 bridgehead atoms. The lowest BCUT2D eigenvalue weighted by atomic mass is 10.1. The van der Waals surface area contributed by atoms with Gasteiger partial charge in [-0.15, -0.1) is 0 Å². The van der Waals surface area contributed by atoms with E-state index >= 15 is 0 Å². The van der Waals surface area contributed by atoms with Crippen LogP contribution in [0.2, 0.25) is 0 Å². The molecule has 0 unspecified atom stereocenters. The number of phenols is 2. The maximum atomic E-state index is 13.1. The van der Waals surface area contributed by atoms with Crippen molar-refractivity contribution in [3.8, 4) is 11.5 Å². The fourth-order valence-corrected chi connectivity index (χ4v) is 1.75. The number of aromatic hydroxyl groups is 2. The van der Waals surface area contributed by atoms with Gasteiger partial charge < -0.3 is 15.5 Å². The van der Waals surface area contributed by atoms with Crippen LogP contribution in [0.5, 0.6) is 11.5 Å². The van der Waals surface area contributed by atoms with Gasteiger partial charge in [-0.25, -0.2) is 4.39 Å². The van der Waals surface area contributed by atoms with Crippen LogP contribution in [0.25, 0.3) is 0 Å². The molecule has 0 fully saturated rings. The maximum absolute atomic E-state index is 13.1. The molecule has 0 saturated heterocycles. The van der Waals surface area contributed by atoms with Gasteiger partial charge in [-0.2, -0.15) is 13.2 Å². The van der Waals surface area contributed by atoms with Crippen LogP contribution in [-0.2, 0) is 12.7 Å². The summed E-state index contributed by atoms with van der Waals surface area (Å²) in [6, 6.07) is 6.42. The summed E-state index contributed by atoms with van der Waals surface area (Å²) in [6.07, 6.45) is -4.78. The number of rotatable bonds is 3. The van der Waals surface area contributed by atoms with E-state index in [1.165, 1.54) is 18.2 Å². The molecule has 0 heterocycles. The highest BCUT2D eigenvalue weighted by atomic mass is 19.4. The van der Waals surface area contributed by atoms with Crippen LogP contribution in [0.4, 0.5) is 23.2 Å². The molecule has 0 aliphatic rings. The van der Waals surface area contributed by atoms with E-state index in [1.807, 2.05) is 0 Å². The first kappa shape index (κ1) is 15.0. The molecule has 0 aromatic heterocycles. The van der Waals surface area contributed by atoms with Crippen LogP contribution < -0.4 is 5.32 Å². The molecule has 0 aliphatic heterocycles. The molecule has 21 heavy (non-hydrogen) atoms. The molecule has 0 aliphatic carbocycles. The van der Waals surface area contributed by atoms with Crippen LogP contribution in [0.3, 0.4) is 0 Å². The molecule has 112 valence electrons. The first-order valence-electron chi connectivity index (χ1n) is 5.89. The minimum absolute atomic E-state index is 0.0229. The lowest BCUT2D eigenvalue weighted by Crippen LogP contribution is -2.09. The second-order valence-electron chi connectivity index (χ2n) is 4.36. The van der Waals surface area contributed by atoms with E-state index in [1.54, 1.807) is 0 Å². The average molecular weight is 301 g/mol. The molecule has 0 spiro atoms. The molecule has 3 nitrogen and oxygen atoms in total. The van der Waals surface area contributed by atoms with Gasteiger partial charge in [0.2, 0.25) is 0 Å². The third-order valence-corrected chi connectivity index (χ3v) is 2.82. The van der Waals surface area contributed by atoms with E-state index in [2.05, 4.69) is 5.32 Å². The summed E-state index contributed by atoms with van der Waals surface area (Å²) >= 11 is 0. The third kappa shape index (κ3) is 3.56. The zero-order chi connectivity index (χ0) is 15.6. The Morgan fingerprint density at radius 2 is 1.71 bits per heavy atom. The van der Waals surface area contributed by atoms with Crippen LogP contribution in [0.15, 0.2) is 36.4 Å². The summed E-state index contributed by atoms with van der Waals surface area (Å²) in [5, 5.41) is 21.3. The second-order valence-corrected chi connectivity index (χ2v) is 4.36. The lowest BCUT2D eigenvalue weighted by molar-refractivity contribution is -0.139. The number of alkyl halides is 3. The van der Waals surface area contributed by atoms with Crippen molar-refractivity contribution in [3.05, 3.63) is 53.3 Å². The van der Waals surface area contributed by atoms with Gasteiger partial charge in [0.05, 0.1) is 5.56 Å². The summed E-state index contributed by atoms with van der Waals surface area (Å²) in [6.45, 7) is 0.0229. The number of halogens is 4. The summed E-state index contributed by atoms with van der Waals surface area (Å²) in [5.74, 6) is -1.67. The summed E-state index contributed by atoms with van der Waals surface area (Å²) in [5.41, 5.74) is -0.913. The van der Waals surface area contributed by atoms with Crippen molar-refractivity contribution in [2.24, 2.45) is 0 Å². The van der Waals surface area contributed by atoms with E-state index < -0.39 is 17.6 Å². The molecule has 0 saturated carbocycles. The summed E-state index contributed by atoms with van der Waals surface area (Å²) < 4.78 is 50.8. The first-order chi connectivity index (χ1) is 9.77. The van der Waals surface area contributed by atoms with Crippen molar-refractivity contribution in [2.45, 2.75) is 12.7 Å². The summed E-state index contributed by atoms with van der Waals surface area (Å²) in [4.78, 5) is 0. The smallest absolute Gasteiger partial charge is 0.419 e. The molecule has 0 amide bonds. The van der Waals surface area contributed by atoms with E-state index in [0.717, 1.165) is 12.1 Å². The maximum Gasteiger partial charge on any atom is 0.419 e. The largest absolute Gasteiger partial charge is 0.508 e. The number of phenolic OH excluding ortho intramolecular Hbond substituents is 2. The highest BCUT2D eigenvalue weighted by Crippen LogP contribution is 2.33. The summed E-state index contributed by atoms with van der Waals surface area (Å²) in [7, 11) is 0. The van der Waals surface area contributed by atoms with E-state index in [0.29, 0.717) is 11.6 Å². The lowest BCUT2D eigenvalue weighted by Gasteiger charge is -2.12. The van der Waals surface area contributed by atoms with Gasteiger partial charge in [0.15, 0.2) is 0 Å². The Morgan fingerprint density at radius 3 is 2.33 bits per heavy atom. The van der Waals surface area contributed by atoms with Crippen LogP contribution >= 0.6 is 0 Å². The second kappa shape index (κ2) is 5.51. The Bertz CT molecular complexity index is 656. The van der Waals surface area contributed by atoms with Gasteiger partial charge in [0.1, 0.15) is 17.3 Å². The Balaban J connectivity index is 2.17. The third-order valence-electron chi connectivity index (χ3n) is 2.82. The molecule has 3 N–H and O–H groups in total. The topological polar surface area (TPSA) is 52.5 Å². The van der Waals surface area contributed by atoms with Gasteiger partial charge in [-0.1, -0.05) is 0 Å². The standard InChI is InChI=1S/C14H11F4NO2/c15-12-4-2-9(5-11(12)14(16,17)18)19-7-8-1-3-10(20)6-13(8)21/h1-6,19-21H,7H2. The minimum Gasteiger partial charge on any atom is -0.508 e. The van der Waals surface area contributed by atoms with Crippen LogP contribution in [0, 0.1) is 5.82 Å². The van der Waals surface area contributed by atoms with E-state index in [4.69, 9.17) is 5.11 Å². The van der Waals surface area contributed by atoms with E-state index in [9.17, 15) is 22.7 Å². The fraction of sp³-hybridized carbons (Fsp3) is 0.143. The van der Waals surface area contributed by atoms with Crippen LogP contribution in [-0.4, -0.2) is 10.2 Å². The predicted molar refractivity (Wildman–Crippen MR) is 68.5 cm³/mol. The zero-order valence-electron chi connectivity index (χ0n) is 10.6. The fourth-order valence-electron chi connectivity index (χ4n) is 1.75. The molecule has 0 radical (unpaired) electrons. The van der Waals surface area contributed by atoms with Crippen LogP contribution in [0.1, 0.15) is 11.1 Å². The molecule has 2 rings (SSSR count). The molecular weight excluding hydrogens is 290 g/mol. The number of hydrogen-bond donors (Lipinski definition) is 3. The van der Waals surface area contributed by atoms with Gasteiger partial charge in [-0.05, 0) is 30.3 Å². The number of anilines is 1. The van der Waals surface area contributed by atoms with Gasteiger partial charge in [0, 0.05) is 23.9 Å². The molecule has 2 aromatic rings. The van der Waals surface area contributed by atoms with Crippen molar-refractivity contribution in [2.75, 3.05) is 5.32 Å². The Morgan fingerprint density at radius 1 is 1.00 bits per heavy atom.